The third-order valence-electron chi connectivity index (χ3n) is 5.95. The number of fused-ring (bicyclic) bond motifs is 1. The van der Waals surface area contributed by atoms with Crippen molar-refractivity contribution in [2.24, 2.45) is 0 Å². The quantitative estimate of drug-likeness (QED) is 0.317. The Hall–Kier alpha value is -2.72. The van der Waals surface area contributed by atoms with Crippen LogP contribution in [0.5, 0.6) is 0 Å². The van der Waals surface area contributed by atoms with E-state index in [0.29, 0.717) is 25.2 Å². The summed E-state index contributed by atoms with van der Waals surface area (Å²) in [5, 5.41) is 13.3. The lowest BCUT2D eigenvalue weighted by Crippen LogP contribution is -2.53. The molecule has 1 aliphatic heterocycles. The summed E-state index contributed by atoms with van der Waals surface area (Å²) in [6.45, 7) is 0.436. The Morgan fingerprint density at radius 3 is 2.74 bits per heavy atom. The molecule has 1 fully saturated rings. The van der Waals surface area contributed by atoms with Gasteiger partial charge in [-0.3, -0.25) is 14.2 Å². The van der Waals surface area contributed by atoms with Crippen molar-refractivity contribution >= 4 is 41.9 Å². The Balaban J connectivity index is 1.47. The van der Waals surface area contributed by atoms with Crippen molar-refractivity contribution in [2.75, 3.05) is 17.8 Å². The van der Waals surface area contributed by atoms with E-state index in [1.807, 2.05) is 36.4 Å². The van der Waals surface area contributed by atoms with Crippen LogP contribution in [0.2, 0.25) is 0 Å². The number of carbonyl (C=O) groups excluding carboxylic acids is 2. The first-order valence-corrected chi connectivity index (χ1v) is 14.3. The summed E-state index contributed by atoms with van der Waals surface area (Å²) in [7, 11) is -4.20. The molecule has 186 valence electrons. The van der Waals surface area contributed by atoms with E-state index in [9.17, 15) is 14.2 Å². The predicted octanol–water partition coefficient (Wildman–Crippen LogP) is 2.61. The molecule has 3 aromatic rings. The number of benzene rings is 2. The molecule has 4 N–H and O–H groups in total. The normalized spacial score (nSPS) is 17.3. The first-order chi connectivity index (χ1) is 16.8. The van der Waals surface area contributed by atoms with Crippen molar-refractivity contribution in [1.82, 2.24) is 25.4 Å². The topological polar surface area (TPSA) is 149 Å². The van der Waals surface area contributed by atoms with Gasteiger partial charge in [-0.2, -0.15) is 0 Å². The van der Waals surface area contributed by atoms with Crippen molar-refractivity contribution in [1.29, 1.82) is 0 Å². The molecule has 4 rings (SSSR count). The Bertz CT molecular complexity index is 1220. The molecule has 2 heterocycles. The Kier molecular flexibility index (Phi) is 8.22. The maximum Gasteiger partial charge on any atom is 0.335 e. The maximum atomic E-state index is 13.4. The maximum absolute atomic E-state index is 13.4. The number of nitrogens with zero attached hydrogens (tertiary/aromatic N) is 3. The van der Waals surface area contributed by atoms with Crippen molar-refractivity contribution < 1.29 is 23.9 Å². The molecule has 10 nitrogen and oxygen atoms in total. The zero-order chi connectivity index (χ0) is 24.8. The minimum atomic E-state index is -4.20. The number of piperidine rings is 1. The van der Waals surface area contributed by atoms with Crippen molar-refractivity contribution in [3.8, 4) is 0 Å². The number of hydrogen-bond donors (Lipinski definition) is 4. The molecule has 1 aliphatic rings. The highest BCUT2D eigenvalue weighted by Gasteiger charge is 2.34. The largest absolute Gasteiger partial charge is 0.344 e. The van der Waals surface area contributed by atoms with Gasteiger partial charge in [0.15, 0.2) is 5.82 Å². The summed E-state index contributed by atoms with van der Waals surface area (Å²) in [5.74, 6) is -0.135. The molecule has 12 heteroatoms. The second-order valence-electron chi connectivity index (χ2n) is 8.56. The van der Waals surface area contributed by atoms with Crippen LogP contribution in [0.1, 0.15) is 36.7 Å². The molecule has 2 unspecified atom stereocenters. The minimum absolute atomic E-state index is 0.0858. The molecule has 0 aliphatic carbocycles. The second kappa shape index (κ2) is 11.3. The molecule has 1 saturated heterocycles. The number of amides is 2. The van der Waals surface area contributed by atoms with E-state index in [1.54, 1.807) is 0 Å². The summed E-state index contributed by atoms with van der Waals surface area (Å²) in [4.78, 5) is 48.7. The number of rotatable bonds is 9. The lowest BCUT2D eigenvalue weighted by Gasteiger charge is -2.35. The van der Waals surface area contributed by atoms with E-state index < -0.39 is 25.2 Å². The van der Waals surface area contributed by atoms with Crippen molar-refractivity contribution in [3.05, 3.63) is 60.2 Å². The predicted molar refractivity (Wildman–Crippen MR) is 134 cm³/mol. The van der Waals surface area contributed by atoms with Gasteiger partial charge in [0.05, 0.1) is 17.3 Å². The van der Waals surface area contributed by atoms with E-state index in [4.69, 9.17) is 9.79 Å². The summed E-state index contributed by atoms with van der Waals surface area (Å²) < 4.78 is 11.1. The standard InChI is InChI=1S/C23H28N5O5PS/c29-21(13-35-15-34(31,32)33)28-10-4-3-7-20(28)23(30)26-19(22-24-14-25-27-22)12-16-8-9-17-5-1-2-6-18(17)11-16/h1-2,5-6,8-9,11,14,19-20H,3-4,7,10,12-13,15H2,(H,26,30)(H,24,25,27)(H2,31,32,33). The third-order valence-corrected chi connectivity index (χ3v) is 8.47. The van der Waals surface area contributed by atoms with Gasteiger partial charge in [0.1, 0.15) is 12.4 Å². The number of H-pyrrole nitrogens is 1. The van der Waals surface area contributed by atoms with Gasteiger partial charge in [-0.25, -0.2) is 0 Å². The smallest absolute Gasteiger partial charge is 0.335 e. The van der Waals surface area contributed by atoms with Gasteiger partial charge in [0.25, 0.3) is 0 Å². The van der Waals surface area contributed by atoms with Gasteiger partial charge in [-0.05, 0) is 42.0 Å². The first kappa shape index (κ1) is 25.4. The molecule has 0 saturated carbocycles. The van der Waals surface area contributed by atoms with Crippen LogP contribution in [0.15, 0.2) is 48.8 Å². The highest BCUT2D eigenvalue weighted by Crippen LogP contribution is 2.38. The summed E-state index contributed by atoms with van der Waals surface area (Å²) in [6, 6.07) is 13.1. The molecule has 0 spiro atoms. The van der Waals surface area contributed by atoms with E-state index in [1.165, 1.54) is 11.2 Å². The van der Waals surface area contributed by atoms with Crippen LogP contribution in [0.3, 0.4) is 0 Å². The fourth-order valence-corrected chi connectivity index (χ4v) is 5.97. The van der Waals surface area contributed by atoms with Gasteiger partial charge < -0.3 is 25.0 Å². The highest BCUT2D eigenvalue weighted by molar-refractivity contribution is 8.04. The SMILES string of the molecule is O=C(NC(Cc1ccc2ccccc2c1)c1nnc[nH]1)C1CCCCN1C(=O)CSCP(=O)(O)O. The molecule has 0 radical (unpaired) electrons. The molecular formula is C23H28N5O5PS. The van der Waals surface area contributed by atoms with Crippen LogP contribution in [0.4, 0.5) is 0 Å². The average molecular weight is 518 g/mol. The van der Waals surface area contributed by atoms with Crippen LogP contribution >= 0.6 is 19.4 Å². The lowest BCUT2D eigenvalue weighted by molar-refractivity contribution is -0.140. The number of hydrogen-bond acceptors (Lipinski definition) is 6. The number of nitrogens with one attached hydrogen (secondary N) is 2. The summed E-state index contributed by atoms with van der Waals surface area (Å²) in [6.07, 6.45) is 4.07. The lowest BCUT2D eigenvalue weighted by atomic mass is 9.99. The minimum Gasteiger partial charge on any atom is -0.344 e. The molecule has 2 aromatic carbocycles. The Morgan fingerprint density at radius 1 is 1.20 bits per heavy atom. The molecule has 2 amide bonds. The zero-order valence-corrected chi connectivity index (χ0v) is 20.8. The monoisotopic (exact) mass is 517 g/mol. The summed E-state index contributed by atoms with van der Waals surface area (Å²) >= 11 is 0.881. The van der Waals surface area contributed by atoms with Crippen molar-refractivity contribution in [2.45, 2.75) is 37.8 Å². The van der Waals surface area contributed by atoms with Crippen molar-refractivity contribution in [3.63, 3.8) is 0 Å². The van der Waals surface area contributed by atoms with E-state index in [0.717, 1.165) is 40.9 Å². The molecule has 35 heavy (non-hydrogen) atoms. The van der Waals surface area contributed by atoms with Crippen LogP contribution in [-0.4, -0.2) is 65.5 Å². The second-order valence-corrected chi connectivity index (χ2v) is 11.6. The first-order valence-electron chi connectivity index (χ1n) is 11.4. The zero-order valence-electron chi connectivity index (χ0n) is 19.0. The Labute approximate surface area is 207 Å². The number of carbonyl (C=O) groups is 2. The van der Waals surface area contributed by atoms with Gasteiger partial charge >= 0.3 is 7.60 Å². The molecule has 2 atom stereocenters. The molecule has 0 bridgehead atoms. The van der Waals surface area contributed by atoms with Gasteiger partial charge in [0, 0.05) is 6.54 Å². The third kappa shape index (κ3) is 6.91. The van der Waals surface area contributed by atoms with Gasteiger partial charge in [-0.1, -0.05) is 42.5 Å². The van der Waals surface area contributed by atoms with Gasteiger partial charge in [0.2, 0.25) is 11.8 Å². The van der Waals surface area contributed by atoms with E-state index in [-0.39, 0.29) is 17.6 Å². The number of likely N-dealkylation sites (tertiary alicyclic amines) is 1. The summed E-state index contributed by atoms with van der Waals surface area (Å²) in [5.41, 5.74) is 0.596. The van der Waals surface area contributed by atoms with Crippen LogP contribution in [0, 0.1) is 0 Å². The number of aromatic amines is 1. The molecule has 1 aromatic heterocycles. The number of aromatic nitrogens is 3. The molecular weight excluding hydrogens is 489 g/mol. The fourth-order valence-electron chi connectivity index (χ4n) is 4.31. The fraction of sp³-hybridized carbons (Fsp3) is 0.391. The van der Waals surface area contributed by atoms with Crippen LogP contribution in [-0.2, 0) is 20.6 Å². The Morgan fingerprint density at radius 2 is 2.00 bits per heavy atom. The number of thioether (sulfide) groups is 1. The van der Waals surface area contributed by atoms with E-state index >= 15 is 0 Å². The van der Waals surface area contributed by atoms with Crippen LogP contribution < -0.4 is 5.32 Å². The van der Waals surface area contributed by atoms with E-state index in [2.05, 4.69) is 26.6 Å². The highest BCUT2D eigenvalue weighted by atomic mass is 32.2. The van der Waals surface area contributed by atoms with Crippen LogP contribution in [0.25, 0.3) is 10.8 Å². The van der Waals surface area contributed by atoms with Gasteiger partial charge in [-0.15, -0.1) is 22.0 Å². The average Bonchev–Trinajstić information content (AvgIpc) is 3.38.